The van der Waals surface area contributed by atoms with Crippen molar-refractivity contribution < 1.29 is 22.7 Å². The molecule has 0 N–H and O–H groups in total. The van der Waals surface area contributed by atoms with E-state index in [0.717, 1.165) is 0 Å². The number of anilines is 2. The van der Waals surface area contributed by atoms with E-state index in [9.17, 15) is 13.2 Å². The quantitative estimate of drug-likeness (QED) is 0.712. The maximum atomic E-state index is 13.2. The zero-order valence-electron chi connectivity index (χ0n) is 17.5. The number of carbonyl (C=O) groups is 1. The number of hydrogen-bond acceptors (Lipinski definition) is 5. The highest BCUT2D eigenvalue weighted by atomic mass is 32.2. The zero-order chi connectivity index (χ0) is 21.8. The summed E-state index contributed by atoms with van der Waals surface area (Å²) in [5.41, 5.74) is 1.38. The van der Waals surface area contributed by atoms with Gasteiger partial charge in [0.2, 0.25) is 6.10 Å². The van der Waals surface area contributed by atoms with Gasteiger partial charge in [-0.25, -0.2) is 4.31 Å². The normalized spacial score (nSPS) is 24.8. The predicted octanol–water partition coefficient (Wildman–Crippen LogP) is 2.41. The van der Waals surface area contributed by atoms with Crippen LogP contribution in [0.4, 0.5) is 11.4 Å². The highest BCUT2D eigenvalue weighted by Crippen LogP contribution is 2.42. The lowest BCUT2D eigenvalue weighted by atomic mass is 10.0. The average Bonchev–Trinajstić information content (AvgIpc) is 2.98. The number of ether oxygens (including phenoxy) is 2. The molecule has 0 aliphatic carbocycles. The molecule has 9 heteroatoms. The van der Waals surface area contributed by atoms with Gasteiger partial charge in [-0.15, -0.1) is 0 Å². The van der Waals surface area contributed by atoms with Crippen molar-refractivity contribution >= 4 is 27.5 Å². The van der Waals surface area contributed by atoms with Gasteiger partial charge in [-0.05, 0) is 44.0 Å². The first-order chi connectivity index (χ1) is 14.9. The van der Waals surface area contributed by atoms with Crippen LogP contribution in [-0.4, -0.2) is 57.6 Å². The van der Waals surface area contributed by atoms with E-state index in [0.29, 0.717) is 48.8 Å². The molecule has 1 amide bonds. The highest BCUT2D eigenvalue weighted by Gasteiger charge is 2.44. The molecule has 1 fully saturated rings. The van der Waals surface area contributed by atoms with Crippen molar-refractivity contribution in [3.63, 3.8) is 0 Å². The topological polar surface area (TPSA) is 79.4 Å². The van der Waals surface area contributed by atoms with E-state index in [1.807, 2.05) is 49.4 Å². The number of nitrogens with zero attached hydrogens (tertiary/aromatic N) is 3. The molecule has 5 rings (SSSR count). The van der Waals surface area contributed by atoms with Crippen LogP contribution in [0.3, 0.4) is 0 Å². The van der Waals surface area contributed by atoms with Gasteiger partial charge < -0.3 is 14.4 Å². The predicted molar refractivity (Wildman–Crippen MR) is 117 cm³/mol. The number of piperidine rings is 1. The van der Waals surface area contributed by atoms with E-state index < -0.39 is 22.4 Å². The number of amides is 1. The summed E-state index contributed by atoms with van der Waals surface area (Å²) in [7, 11) is -2.03. The van der Waals surface area contributed by atoms with Gasteiger partial charge in [0.05, 0.1) is 17.4 Å². The number of carbonyl (C=O) groups excluding carboxylic acids is 1. The summed E-state index contributed by atoms with van der Waals surface area (Å²) < 4.78 is 40.7. The minimum absolute atomic E-state index is 0.123. The van der Waals surface area contributed by atoms with Gasteiger partial charge in [0, 0.05) is 20.1 Å². The van der Waals surface area contributed by atoms with E-state index >= 15 is 0 Å². The van der Waals surface area contributed by atoms with Crippen molar-refractivity contribution in [3.8, 4) is 11.5 Å². The number of fused-ring (bicyclic) bond motifs is 2. The summed E-state index contributed by atoms with van der Waals surface area (Å²) in [5, 5.41) is 0. The maximum absolute atomic E-state index is 13.2. The summed E-state index contributed by atoms with van der Waals surface area (Å²) in [5.74, 6) is 1.08. The fourth-order valence-corrected chi connectivity index (χ4v) is 6.23. The Morgan fingerprint density at radius 1 is 0.935 bits per heavy atom. The molecule has 31 heavy (non-hydrogen) atoms. The first kappa shape index (κ1) is 20.0. The van der Waals surface area contributed by atoms with Crippen LogP contribution >= 0.6 is 0 Å². The third-order valence-electron chi connectivity index (χ3n) is 6.25. The summed E-state index contributed by atoms with van der Waals surface area (Å²) in [4.78, 5) is 14.9. The molecule has 0 aromatic heterocycles. The zero-order valence-corrected chi connectivity index (χ0v) is 18.3. The fraction of sp³-hybridized carbons (Fsp3) is 0.409. The summed E-state index contributed by atoms with van der Waals surface area (Å²) in [6.07, 6.45) is 0.00521. The van der Waals surface area contributed by atoms with Gasteiger partial charge in [-0.2, -0.15) is 8.42 Å². The third-order valence-corrected chi connectivity index (χ3v) is 8.13. The number of likely N-dealkylation sites (tertiary alicyclic amines) is 1. The average molecular weight is 444 g/mol. The number of hydrogen-bond donors (Lipinski definition) is 0. The minimum atomic E-state index is -3.61. The van der Waals surface area contributed by atoms with Crippen molar-refractivity contribution in [2.45, 2.75) is 38.0 Å². The van der Waals surface area contributed by atoms with E-state index in [2.05, 4.69) is 0 Å². The monoisotopic (exact) mass is 443 g/mol. The fourth-order valence-electron chi connectivity index (χ4n) is 4.57. The van der Waals surface area contributed by atoms with Crippen LogP contribution in [0.25, 0.3) is 0 Å². The second-order valence-corrected chi connectivity index (χ2v) is 9.96. The SMILES string of the molecule is C[C@H]1Oc2ccccc2O[C@@H]1C(=O)N1CCC(N2c3ccccc3N(C)S2(=O)=O)CC1. The van der Waals surface area contributed by atoms with Crippen molar-refractivity contribution in [1.82, 2.24) is 4.90 Å². The standard InChI is InChI=1S/C22H25N3O5S/c1-15-21(30-20-10-6-5-9-19(20)29-15)22(26)24-13-11-16(12-14-24)25-18-8-4-3-7-17(18)23(2)31(25,27)28/h3-10,15-16,21H,11-14H2,1-2H3/t15-,21+/m1/s1. The Morgan fingerprint density at radius 3 is 2.19 bits per heavy atom. The molecule has 3 heterocycles. The lowest BCUT2D eigenvalue weighted by molar-refractivity contribution is -0.145. The summed E-state index contributed by atoms with van der Waals surface area (Å²) in [6, 6.07) is 14.5. The lowest BCUT2D eigenvalue weighted by Gasteiger charge is -2.39. The van der Waals surface area contributed by atoms with Gasteiger partial charge in [0.15, 0.2) is 11.5 Å². The Kier molecular flexibility index (Phi) is 4.73. The molecule has 0 saturated carbocycles. The molecule has 8 nitrogen and oxygen atoms in total. The number of benzene rings is 2. The van der Waals surface area contributed by atoms with Crippen LogP contribution in [0, 0.1) is 0 Å². The van der Waals surface area contributed by atoms with Gasteiger partial charge in [-0.3, -0.25) is 9.10 Å². The number of rotatable bonds is 2. The van der Waals surface area contributed by atoms with Gasteiger partial charge in [0.1, 0.15) is 6.10 Å². The molecule has 1 saturated heterocycles. The molecule has 3 aliphatic rings. The summed E-state index contributed by atoms with van der Waals surface area (Å²) in [6.45, 7) is 2.76. The molecule has 0 radical (unpaired) electrons. The van der Waals surface area contributed by atoms with Crippen LogP contribution in [-0.2, 0) is 15.0 Å². The van der Waals surface area contributed by atoms with Crippen molar-refractivity contribution in [2.24, 2.45) is 0 Å². The maximum Gasteiger partial charge on any atom is 0.326 e. The van der Waals surface area contributed by atoms with Gasteiger partial charge in [0.25, 0.3) is 5.91 Å². The number of para-hydroxylation sites is 4. The Bertz CT molecular complexity index is 1110. The van der Waals surface area contributed by atoms with Crippen molar-refractivity contribution in [1.29, 1.82) is 0 Å². The highest BCUT2D eigenvalue weighted by molar-refractivity contribution is 7.94. The van der Waals surface area contributed by atoms with E-state index in [1.54, 1.807) is 18.0 Å². The molecule has 0 bridgehead atoms. The lowest BCUT2D eigenvalue weighted by Crippen LogP contribution is -2.55. The molecule has 164 valence electrons. The Labute approximate surface area is 182 Å². The molecular formula is C22H25N3O5S. The van der Waals surface area contributed by atoms with Crippen LogP contribution < -0.4 is 18.1 Å². The van der Waals surface area contributed by atoms with Crippen LogP contribution in [0.15, 0.2) is 48.5 Å². The Hall–Kier alpha value is -2.94. The Morgan fingerprint density at radius 2 is 1.52 bits per heavy atom. The summed E-state index contributed by atoms with van der Waals surface area (Å²) >= 11 is 0. The molecule has 0 spiro atoms. The van der Waals surface area contributed by atoms with Crippen LogP contribution in [0.1, 0.15) is 19.8 Å². The Balaban J connectivity index is 1.30. The molecule has 2 aromatic rings. The molecule has 3 aliphatic heterocycles. The second kappa shape index (κ2) is 7.33. The first-order valence-corrected chi connectivity index (χ1v) is 11.9. The largest absolute Gasteiger partial charge is 0.482 e. The van der Waals surface area contributed by atoms with Crippen molar-refractivity contribution in [3.05, 3.63) is 48.5 Å². The van der Waals surface area contributed by atoms with Gasteiger partial charge >= 0.3 is 10.2 Å². The first-order valence-electron chi connectivity index (χ1n) is 10.5. The van der Waals surface area contributed by atoms with E-state index in [-0.39, 0.29) is 11.9 Å². The molecule has 0 unspecified atom stereocenters. The van der Waals surface area contributed by atoms with Gasteiger partial charge in [-0.1, -0.05) is 24.3 Å². The third kappa shape index (κ3) is 3.18. The molecular weight excluding hydrogens is 418 g/mol. The smallest absolute Gasteiger partial charge is 0.326 e. The molecule has 2 aromatic carbocycles. The second-order valence-electron chi connectivity index (χ2n) is 8.12. The van der Waals surface area contributed by atoms with E-state index in [4.69, 9.17) is 9.47 Å². The minimum Gasteiger partial charge on any atom is -0.482 e. The van der Waals surface area contributed by atoms with Crippen LogP contribution in [0.2, 0.25) is 0 Å². The molecule has 2 atom stereocenters. The van der Waals surface area contributed by atoms with E-state index in [1.165, 1.54) is 8.61 Å². The van der Waals surface area contributed by atoms with Crippen molar-refractivity contribution in [2.75, 3.05) is 28.7 Å². The van der Waals surface area contributed by atoms with Crippen LogP contribution in [0.5, 0.6) is 11.5 Å².